The van der Waals surface area contributed by atoms with Crippen molar-refractivity contribution in [1.29, 1.82) is 0 Å². The van der Waals surface area contributed by atoms with Gasteiger partial charge in [-0.2, -0.15) is 0 Å². The quantitative estimate of drug-likeness (QED) is 0.567. The number of ether oxygens (including phenoxy) is 2. The Morgan fingerprint density at radius 3 is 1.73 bits per heavy atom. The molecule has 1 aliphatic heterocycles. The van der Waals surface area contributed by atoms with Crippen molar-refractivity contribution in [2.75, 3.05) is 13.1 Å². The summed E-state index contributed by atoms with van der Waals surface area (Å²) in [7, 11) is 0. The predicted octanol–water partition coefficient (Wildman–Crippen LogP) is -0.576. The van der Waals surface area contributed by atoms with Crippen LogP contribution in [0.5, 0.6) is 0 Å². The molecule has 0 saturated carbocycles. The SMILES string of the molecule is CC1(C)OC(CN)C(CN)O1. The van der Waals surface area contributed by atoms with Crippen molar-refractivity contribution in [2.24, 2.45) is 11.5 Å². The van der Waals surface area contributed by atoms with Gasteiger partial charge in [0.2, 0.25) is 0 Å². The topological polar surface area (TPSA) is 70.5 Å². The van der Waals surface area contributed by atoms with Crippen LogP contribution in [-0.4, -0.2) is 31.1 Å². The normalized spacial score (nSPS) is 36.0. The largest absolute Gasteiger partial charge is 0.343 e. The summed E-state index contributed by atoms with van der Waals surface area (Å²) in [6, 6.07) is 0. The van der Waals surface area contributed by atoms with E-state index in [0.29, 0.717) is 13.1 Å². The zero-order valence-corrected chi connectivity index (χ0v) is 7.04. The molecule has 0 radical (unpaired) electrons. The van der Waals surface area contributed by atoms with Gasteiger partial charge in [0.1, 0.15) is 12.2 Å². The van der Waals surface area contributed by atoms with Gasteiger partial charge in [-0.25, -0.2) is 0 Å². The number of rotatable bonds is 2. The molecule has 0 bridgehead atoms. The summed E-state index contributed by atoms with van der Waals surface area (Å²) in [5, 5.41) is 0. The van der Waals surface area contributed by atoms with Gasteiger partial charge in [0, 0.05) is 13.1 Å². The van der Waals surface area contributed by atoms with E-state index in [1.807, 2.05) is 13.8 Å². The Morgan fingerprint density at radius 1 is 1.09 bits per heavy atom. The number of hydrogen-bond acceptors (Lipinski definition) is 4. The Balaban J connectivity index is 2.55. The minimum atomic E-state index is -0.520. The summed E-state index contributed by atoms with van der Waals surface area (Å²) in [5.74, 6) is -0.520. The Hall–Kier alpha value is -0.160. The Bertz CT molecular complexity index is 124. The second-order valence-corrected chi connectivity index (χ2v) is 3.18. The van der Waals surface area contributed by atoms with Crippen LogP contribution in [0, 0.1) is 0 Å². The van der Waals surface area contributed by atoms with E-state index in [2.05, 4.69) is 0 Å². The third-order valence-electron chi connectivity index (χ3n) is 1.75. The standard InChI is InChI=1S/C7H16N2O2/c1-7(2)10-5(3-8)6(4-9)11-7/h5-6H,3-4,8-9H2,1-2H3. The molecule has 11 heavy (non-hydrogen) atoms. The minimum Gasteiger partial charge on any atom is -0.343 e. The molecular weight excluding hydrogens is 144 g/mol. The number of hydrogen-bond donors (Lipinski definition) is 2. The molecule has 66 valence electrons. The molecule has 1 saturated heterocycles. The van der Waals surface area contributed by atoms with E-state index >= 15 is 0 Å². The van der Waals surface area contributed by atoms with Crippen LogP contribution >= 0.6 is 0 Å². The second kappa shape index (κ2) is 3.06. The van der Waals surface area contributed by atoms with Crippen molar-refractivity contribution in [1.82, 2.24) is 0 Å². The Labute approximate surface area is 66.8 Å². The zero-order chi connectivity index (χ0) is 8.48. The monoisotopic (exact) mass is 160 g/mol. The van der Waals surface area contributed by atoms with Crippen LogP contribution in [0.2, 0.25) is 0 Å². The summed E-state index contributed by atoms with van der Waals surface area (Å²) in [4.78, 5) is 0. The molecule has 0 amide bonds. The molecule has 1 aliphatic rings. The van der Waals surface area contributed by atoms with Crippen LogP contribution in [0.25, 0.3) is 0 Å². The van der Waals surface area contributed by atoms with E-state index in [9.17, 15) is 0 Å². The van der Waals surface area contributed by atoms with Crippen molar-refractivity contribution in [3.63, 3.8) is 0 Å². The molecule has 0 aromatic rings. The Kier molecular flexibility index (Phi) is 2.49. The highest BCUT2D eigenvalue weighted by Gasteiger charge is 2.39. The molecule has 0 aromatic heterocycles. The van der Waals surface area contributed by atoms with Crippen molar-refractivity contribution < 1.29 is 9.47 Å². The van der Waals surface area contributed by atoms with Gasteiger partial charge in [-0.15, -0.1) is 0 Å². The van der Waals surface area contributed by atoms with E-state index in [-0.39, 0.29) is 12.2 Å². The maximum Gasteiger partial charge on any atom is 0.163 e. The van der Waals surface area contributed by atoms with Gasteiger partial charge >= 0.3 is 0 Å². The fraction of sp³-hybridized carbons (Fsp3) is 1.00. The summed E-state index contributed by atoms with van der Waals surface area (Å²) in [6.45, 7) is 4.66. The van der Waals surface area contributed by atoms with Gasteiger partial charge in [0.25, 0.3) is 0 Å². The van der Waals surface area contributed by atoms with Crippen molar-refractivity contribution in [2.45, 2.75) is 31.8 Å². The summed E-state index contributed by atoms with van der Waals surface area (Å²) >= 11 is 0. The van der Waals surface area contributed by atoms with Crippen LogP contribution in [-0.2, 0) is 9.47 Å². The molecule has 1 fully saturated rings. The van der Waals surface area contributed by atoms with Crippen LogP contribution in [0.1, 0.15) is 13.8 Å². The van der Waals surface area contributed by atoms with Crippen molar-refractivity contribution in [3.05, 3.63) is 0 Å². The van der Waals surface area contributed by atoms with Crippen LogP contribution in [0.3, 0.4) is 0 Å². The first-order valence-corrected chi connectivity index (χ1v) is 3.85. The molecule has 0 aromatic carbocycles. The minimum absolute atomic E-state index is 0.0463. The molecule has 4 N–H and O–H groups in total. The third-order valence-corrected chi connectivity index (χ3v) is 1.75. The fourth-order valence-corrected chi connectivity index (χ4v) is 1.31. The average molecular weight is 160 g/mol. The van der Waals surface area contributed by atoms with Gasteiger partial charge in [0.05, 0.1) is 0 Å². The molecule has 4 heteroatoms. The lowest BCUT2D eigenvalue weighted by Gasteiger charge is -2.16. The summed E-state index contributed by atoms with van der Waals surface area (Å²) in [6.07, 6.45) is -0.0926. The lowest BCUT2D eigenvalue weighted by atomic mass is 10.2. The molecule has 2 unspecified atom stereocenters. The maximum atomic E-state index is 5.47. The first-order valence-electron chi connectivity index (χ1n) is 3.85. The zero-order valence-electron chi connectivity index (χ0n) is 7.04. The summed E-state index contributed by atoms with van der Waals surface area (Å²) < 4.78 is 10.9. The van der Waals surface area contributed by atoms with Gasteiger partial charge in [-0.1, -0.05) is 0 Å². The third kappa shape index (κ3) is 1.90. The first-order chi connectivity index (χ1) is 5.09. The van der Waals surface area contributed by atoms with Gasteiger partial charge in [0.15, 0.2) is 5.79 Å². The van der Waals surface area contributed by atoms with Crippen LogP contribution < -0.4 is 11.5 Å². The second-order valence-electron chi connectivity index (χ2n) is 3.18. The lowest BCUT2D eigenvalue weighted by Crippen LogP contribution is -2.35. The van der Waals surface area contributed by atoms with Gasteiger partial charge in [-0.05, 0) is 13.8 Å². The predicted molar refractivity (Wildman–Crippen MR) is 41.9 cm³/mol. The smallest absolute Gasteiger partial charge is 0.163 e. The van der Waals surface area contributed by atoms with E-state index in [1.165, 1.54) is 0 Å². The molecule has 2 atom stereocenters. The molecule has 4 nitrogen and oxygen atoms in total. The van der Waals surface area contributed by atoms with Crippen molar-refractivity contribution in [3.8, 4) is 0 Å². The van der Waals surface area contributed by atoms with E-state index in [0.717, 1.165) is 0 Å². The van der Waals surface area contributed by atoms with Gasteiger partial charge < -0.3 is 20.9 Å². The highest BCUT2D eigenvalue weighted by Crippen LogP contribution is 2.26. The van der Waals surface area contributed by atoms with Gasteiger partial charge in [-0.3, -0.25) is 0 Å². The number of nitrogens with two attached hydrogens (primary N) is 2. The lowest BCUT2D eigenvalue weighted by molar-refractivity contribution is -0.144. The molecule has 1 rings (SSSR count). The van der Waals surface area contributed by atoms with Crippen LogP contribution in [0.4, 0.5) is 0 Å². The molecule has 1 heterocycles. The van der Waals surface area contributed by atoms with E-state index in [1.54, 1.807) is 0 Å². The van der Waals surface area contributed by atoms with E-state index < -0.39 is 5.79 Å². The highest BCUT2D eigenvalue weighted by molar-refractivity contribution is 4.82. The highest BCUT2D eigenvalue weighted by atomic mass is 16.8. The maximum absolute atomic E-state index is 5.47. The fourth-order valence-electron chi connectivity index (χ4n) is 1.31. The first kappa shape index (κ1) is 8.93. The van der Waals surface area contributed by atoms with Crippen LogP contribution in [0.15, 0.2) is 0 Å². The van der Waals surface area contributed by atoms with Crippen molar-refractivity contribution >= 4 is 0 Å². The van der Waals surface area contributed by atoms with E-state index in [4.69, 9.17) is 20.9 Å². The molecular formula is C7H16N2O2. The molecule has 0 aliphatic carbocycles. The Morgan fingerprint density at radius 2 is 1.45 bits per heavy atom. The molecule has 0 spiro atoms. The summed E-state index contributed by atoms with van der Waals surface area (Å²) in [5.41, 5.74) is 10.9. The average Bonchev–Trinajstić information content (AvgIpc) is 2.25.